The number of likely N-dealkylation sites (tertiary alicyclic amines) is 1. The SMILES string of the molecule is CSC1CC(=O)N(CCCCCC(=O)C(C)C)C1=O. The molecular weight excluding hydrogens is 262 g/mol. The maximum absolute atomic E-state index is 11.8. The van der Waals surface area contributed by atoms with E-state index < -0.39 is 0 Å². The first-order chi connectivity index (χ1) is 8.97. The summed E-state index contributed by atoms with van der Waals surface area (Å²) in [4.78, 5) is 36.3. The monoisotopic (exact) mass is 285 g/mol. The fourth-order valence-electron chi connectivity index (χ4n) is 2.11. The summed E-state index contributed by atoms with van der Waals surface area (Å²) >= 11 is 1.44. The van der Waals surface area contributed by atoms with Crippen LogP contribution < -0.4 is 0 Å². The second-order valence-electron chi connectivity index (χ2n) is 5.24. The average Bonchev–Trinajstić information content (AvgIpc) is 2.64. The first-order valence-electron chi connectivity index (χ1n) is 6.87. The van der Waals surface area contributed by atoms with Crippen LogP contribution in [0.2, 0.25) is 0 Å². The molecule has 0 aromatic heterocycles. The van der Waals surface area contributed by atoms with Crippen LogP contribution in [0, 0.1) is 5.92 Å². The number of carbonyl (C=O) groups is 3. The Hall–Kier alpha value is -0.840. The van der Waals surface area contributed by atoms with Crippen LogP contribution in [0.15, 0.2) is 0 Å². The van der Waals surface area contributed by atoms with E-state index in [-0.39, 0.29) is 28.8 Å². The Labute approximate surface area is 119 Å². The molecule has 1 fully saturated rings. The van der Waals surface area contributed by atoms with Crippen molar-refractivity contribution in [2.45, 2.75) is 51.2 Å². The molecule has 0 aromatic carbocycles. The first kappa shape index (κ1) is 16.2. The van der Waals surface area contributed by atoms with Gasteiger partial charge in [-0.05, 0) is 19.1 Å². The Kier molecular flexibility index (Phi) is 6.55. The second kappa shape index (κ2) is 7.68. The molecule has 2 amide bonds. The predicted octanol–water partition coefficient (Wildman–Crippen LogP) is 2.26. The smallest absolute Gasteiger partial charge is 0.242 e. The van der Waals surface area contributed by atoms with Gasteiger partial charge in [0.25, 0.3) is 0 Å². The molecule has 0 bridgehead atoms. The van der Waals surface area contributed by atoms with Crippen LogP contribution in [-0.2, 0) is 14.4 Å². The molecule has 19 heavy (non-hydrogen) atoms. The fraction of sp³-hybridized carbons (Fsp3) is 0.786. The van der Waals surface area contributed by atoms with Gasteiger partial charge in [0.05, 0.1) is 5.25 Å². The molecule has 0 N–H and O–H groups in total. The van der Waals surface area contributed by atoms with Crippen molar-refractivity contribution in [2.75, 3.05) is 12.8 Å². The number of hydrogen-bond donors (Lipinski definition) is 0. The van der Waals surface area contributed by atoms with Gasteiger partial charge < -0.3 is 0 Å². The molecular formula is C14H23NO3S. The van der Waals surface area contributed by atoms with Gasteiger partial charge in [-0.15, -0.1) is 0 Å². The van der Waals surface area contributed by atoms with E-state index in [1.54, 1.807) is 0 Å². The summed E-state index contributed by atoms with van der Waals surface area (Å²) < 4.78 is 0. The van der Waals surface area contributed by atoms with E-state index in [9.17, 15) is 14.4 Å². The highest BCUT2D eigenvalue weighted by atomic mass is 32.2. The summed E-state index contributed by atoms with van der Waals surface area (Å²) in [5, 5.41) is -0.185. The van der Waals surface area contributed by atoms with Gasteiger partial charge in [-0.2, -0.15) is 11.8 Å². The number of unbranched alkanes of at least 4 members (excludes halogenated alkanes) is 2. The molecule has 1 rings (SSSR count). The van der Waals surface area contributed by atoms with Crippen molar-refractivity contribution in [1.29, 1.82) is 0 Å². The van der Waals surface area contributed by atoms with Crippen LogP contribution in [-0.4, -0.2) is 40.5 Å². The summed E-state index contributed by atoms with van der Waals surface area (Å²) in [6, 6.07) is 0. The Morgan fingerprint density at radius 1 is 1.32 bits per heavy atom. The number of ketones is 1. The summed E-state index contributed by atoms with van der Waals surface area (Å²) in [7, 11) is 0. The normalized spacial score (nSPS) is 19.6. The summed E-state index contributed by atoms with van der Waals surface area (Å²) in [5.41, 5.74) is 0. The van der Waals surface area contributed by atoms with Crippen LogP contribution >= 0.6 is 11.8 Å². The molecule has 1 unspecified atom stereocenters. The third-order valence-electron chi connectivity index (χ3n) is 3.44. The molecule has 0 spiro atoms. The standard InChI is InChI=1S/C14H23NO3S/c1-10(2)11(16)7-5-4-6-8-15-13(17)9-12(19-3)14(15)18/h10,12H,4-9H2,1-3H3. The minimum atomic E-state index is -0.185. The van der Waals surface area contributed by atoms with E-state index in [2.05, 4.69) is 0 Å². The third kappa shape index (κ3) is 4.64. The van der Waals surface area contributed by atoms with Gasteiger partial charge in [-0.25, -0.2) is 0 Å². The zero-order chi connectivity index (χ0) is 14.4. The minimum Gasteiger partial charge on any atom is -0.299 e. The number of amides is 2. The number of carbonyl (C=O) groups excluding carboxylic acids is 3. The van der Waals surface area contributed by atoms with Crippen LogP contribution in [0.4, 0.5) is 0 Å². The lowest BCUT2D eigenvalue weighted by atomic mass is 10.0. The molecule has 1 atom stereocenters. The van der Waals surface area contributed by atoms with Crippen molar-refractivity contribution in [2.24, 2.45) is 5.92 Å². The summed E-state index contributed by atoms with van der Waals surface area (Å²) in [5.74, 6) is 0.290. The minimum absolute atomic E-state index is 0.0456. The number of hydrogen-bond acceptors (Lipinski definition) is 4. The van der Waals surface area contributed by atoms with E-state index >= 15 is 0 Å². The zero-order valence-electron chi connectivity index (χ0n) is 12.0. The van der Waals surface area contributed by atoms with E-state index in [0.29, 0.717) is 19.4 Å². The maximum Gasteiger partial charge on any atom is 0.242 e. The third-order valence-corrected chi connectivity index (χ3v) is 4.37. The molecule has 4 nitrogen and oxygen atoms in total. The number of imide groups is 1. The van der Waals surface area contributed by atoms with E-state index in [4.69, 9.17) is 0 Å². The molecule has 0 radical (unpaired) electrons. The summed E-state index contributed by atoms with van der Waals surface area (Å²) in [6.45, 7) is 4.32. The van der Waals surface area contributed by atoms with Crippen molar-refractivity contribution < 1.29 is 14.4 Å². The number of Topliss-reactive ketones (excluding diaryl/α,β-unsaturated/α-hetero) is 1. The zero-order valence-corrected chi connectivity index (χ0v) is 12.8. The molecule has 108 valence electrons. The fourth-order valence-corrected chi connectivity index (χ4v) is 2.74. The van der Waals surface area contributed by atoms with Gasteiger partial charge in [-0.3, -0.25) is 19.3 Å². The van der Waals surface area contributed by atoms with Crippen LogP contribution in [0.3, 0.4) is 0 Å². The quantitative estimate of drug-likeness (QED) is 0.507. The predicted molar refractivity (Wildman–Crippen MR) is 77.0 cm³/mol. The molecule has 0 aliphatic carbocycles. The van der Waals surface area contributed by atoms with Crippen molar-refractivity contribution >= 4 is 29.4 Å². The molecule has 0 saturated carbocycles. The van der Waals surface area contributed by atoms with E-state index in [1.807, 2.05) is 20.1 Å². The molecule has 1 aliphatic rings. The van der Waals surface area contributed by atoms with Gasteiger partial charge >= 0.3 is 0 Å². The molecule has 0 aromatic rings. The first-order valence-corrected chi connectivity index (χ1v) is 8.16. The lowest BCUT2D eigenvalue weighted by molar-refractivity contribution is -0.138. The van der Waals surface area contributed by atoms with Crippen molar-refractivity contribution in [1.82, 2.24) is 4.90 Å². The van der Waals surface area contributed by atoms with Crippen molar-refractivity contribution in [3.8, 4) is 0 Å². The highest BCUT2D eigenvalue weighted by Crippen LogP contribution is 2.23. The van der Waals surface area contributed by atoms with Gasteiger partial charge in [0.2, 0.25) is 11.8 Å². The summed E-state index contributed by atoms with van der Waals surface area (Å²) in [6.07, 6.45) is 5.33. The highest BCUT2D eigenvalue weighted by molar-refractivity contribution is 8.00. The molecule has 1 saturated heterocycles. The van der Waals surface area contributed by atoms with Crippen molar-refractivity contribution in [3.63, 3.8) is 0 Å². The Balaban J connectivity index is 2.21. The molecule has 5 heteroatoms. The van der Waals surface area contributed by atoms with Crippen LogP contribution in [0.25, 0.3) is 0 Å². The molecule has 1 heterocycles. The van der Waals surface area contributed by atoms with Gasteiger partial charge in [0, 0.05) is 25.3 Å². The average molecular weight is 285 g/mol. The number of thioether (sulfide) groups is 1. The van der Waals surface area contributed by atoms with Gasteiger partial charge in [0.1, 0.15) is 5.78 Å². The second-order valence-corrected chi connectivity index (χ2v) is 6.28. The van der Waals surface area contributed by atoms with Crippen LogP contribution in [0.5, 0.6) is 0 Å². The Morgan fingerprint density at radius 2 is 2.00 bits per heavy atom. The topological polar surface area (TPSA) is 54.5 Å². The lowest BCUT2D eigenvalue weighted by Gasteiger charge is -2.14. The lowest BCUT2D eigenvalue weighted by Crippen LogP contribution is -2.32. The highest BCUT2D eigenvalue weighted by Gasteiger charge is 2.37. The largest absolute Gasteiger partial charge is 0.299 e. The Bertz CT molecular complexity index is 355. The van der Waals surface area contributed by atoms with E-state index in [1.165, 1.54) is 16.7 Å². The molecule has 1 aliphatic heterocycles. The Morgan fingerprint density at radius 3 is 2.53 bits per heavy atom. The number of nitrogens with zero attached hydrogens (tertiary/aromatic N) is 1. The van der Waals surface area contributed by atoms with Gasteiger partial charge in [-0.1, -0.05) is 20.3 Å². The van der Waals surface area contributed by atoms with Crippen LogP contribution in [0.1, 0.15) is 46.0 Å². The van der Waals surface area contributed by atoms with E-state index in [0.717, 1.165) is 19.3 Å². The number of rotatable bonds is 8. The maximum atomic E-state index is 11.8. The van der Waals surface area contributed by atoms with Crippen molar-refractivity contribution in [3.05, 3.63) is 0 Å². The van der Waals surface area contributed by atoms with Gasteiger partial charge in [0.15, 0.2) is 0 Å².